The van der Waals surface area contributed by atoms with Gasteiger partial charge in [-0.3, -0.25) is 0 Å². The fourth-order valence-corrected chi connectivity index (χ4v) is 1.42. The molecule has 0 spiro atoms. The van der Waals surface area contributed by atoms with Gasteiger partial charge >= 0.3 is 0 Å². The normalized spacial score (nSPS) is 8.75. The van der Waals surface area contributed by atoms with E-state index in [4.69, 9.17) is 5.73 Å². The molecular formula is C12H13Cl2NO. The van der Waals surface area contributed by atoms with Gasteiger partial charge in [0.1, 0.15) is 5.75 Å². The molecule has 0 aliphatic carbocycles. The predicted octanol–water partition coefficient (Wildman–Crippen LogP) is 3.49. The van der Waals surface area contributed by atoms with Crippen molar-refractivity contribution in [1.82, 2.24) is 0 Å². The molecule has 0 radical (unpaired) electrons. The molecule has 0 aromatic heterocycles. The van der Waals surface area contributed by atoms with Gasteiger partial charge in [0.2, 0.25) is 0 Å². The van der Waals surface area contributed by atoms with Gasteiger partial charge < -0.3 is 10.8 Å². The van der Waals surface area contributed by atoms with Crippen LogP contribution >= 0.6 is 24.8 Å². The molecule has 0 fully saturated rings. The highest BCUT2D eigenvalue weighted by Crippen LogP contribution is 2.31. The predicted molar refractivity (Wildman–Crippen MR) is 72.5 cm³/mol. The van der Waals surface area contributed by atoms with Gasteiger partial charge in [-0.25, -0.2) is 0 Å². The molecule has 16 heavy (non-hydrogen) atoms. The number of halogens is 2. The number of rotatable bonds is 1. The van der Waals surface area contributed by atoms with E-state index in [2.05, 4.69) is 0 Å². The zero-order chi connectivity index (χ0) is 9.97. The molecule has 0 atom stereocenters. The Labute approximate surface area is 107 Å². The summed E-state index contributed by atoms with van der Waals surface area (Å²) < 4.78 is 0. The highest BCUT2D eigenvalue weighted by Gasteiger charge is 2.04. The van der Waals surface area contributed by atoms with Crippen molar-refractivity contribution in [3.05, 3.63) is 48.5 Å². The van der Waals surface area contributed by atoms with Crippen molar-refractivity contribution in [3.63, 3.8) is 0 Å². The zero-order valence-electron chi connectivity index (χ0n) is 8.46. The van der Waals surface area contributed by atoms with E-state index in [1.165, 1.54) is 0 Å². The topological polar surface area (TPSA) is 46.2 Å². The minimum Gasteiger partial charge on any atom is -0.506 e. The van der Waals surface area contributed by atoms with Gasteiger partial charge in [0.15, 0.2) is 0 Å². The Morgan fingerprint density at radius 3 is 2.06 bits per heavy atom. The van der Waals surface area contributed by atoms with Gasteiger partial charge in [-0.15, -0.1) is 24.8 Å². The lowest BCUT2D eigenvalue weighted by Crippen LogP contribution is -1.89. The minimum absolute atomic E-state index is 0. The van der Waals surface area contributed by atoms with Crippen LogP contribution in [0.1, 0.15) is 0 Å². The van der Waals surface area contributed by atoms with Gasteiger partial charge in [0.05, 0.1) is 5.69 Å². The lowest BCUT2D eigenvalue weighted by molar-refractivity contribution is 0.478. The maximum Gasteiger partial charge on any atom is 0.139 e. The van der Waals surface area contributed by atoms with E-state index in [9.17, 15) is 5.11 Å². The molecule has 0 aliphatic rings. The summed E-state index contributed by atoms with van der Waals surface area (Å²) in [6.07, 6.45) is 0. The SMILES string of the molecule is Cl.Cl.Nc1c(O)cccc1-c1ccccc1. The first kappa shape index (κ1) is 14.6. The number of hydrogen-bond acceptors (Lipinski definition) is 2. The highest BCUT2D eigenvalue weighted by molar-refractivity contribution is 5.85. The van der Waals surface area contributed by atoms with Gasteiger partial charge in [-0.05, 0) is 11.6 Å². The number of nitrogen functional groups attached to an aromatic ring is 1. The molecule has 0 saturated carbocycles. The summed E-state index contributed by atoms with van der Waals surface area (Å²) in [5.74, 6) is 0.131. The Morgan fingerprint density at radius 2 is 1.44 bits per heavy atom. The molecular weight excluding hydrogens is 245 g/mol. The minimum atomic E-state index is 0. The monoisotopic (exact) mass is 257 g/mol. The molecule has 0 heterocycles. The van der Waals surface area contributed by atoms with Gasteiger partial charge in [-0.2, -0.15) is 0 Å². The number of hydrogen-bond donors (Lipinski definition) is 2. The third kappa shape index (κ3) is 2.81. The molecule has 4 heteroatoms. The van der Waals surface area contributed by atoms with Crippen LogP contribution in [0.25, 0.3) is 11.1 Å². The van der Waals surface area contributed by atoms with E-state index < -0.39 is 0 Å². The van der Waals surface area contributed by atoms with E-state index in [0.717, 1.165) is 11.1 Å². The second-order valence-corrected chi connectivity index (χ2v) is 3.10. The average molecular weight is 258 g/mol. The summed E-state index contributed by atoms with van der Waals surface area (Å²) >= 11 is 0. The Hall–Kier alpha value is -1.38. The van der Waals surface area contributed by atoms with Crippen LogP contribution in [-0.4, -0.2) is 5.11 Å². The molecule has 2 rings (SSSR count). The van der Waals surface area contributed by atoms with Crippen LogP contribution in [0.3, 0.4) is 0 Å². The van der Waals surface area contributed by atoms with Crippen LogP contribution in [-0.2, 0) is 0 Å². The Morgan fingerprint density at radius 1 is 0.812 bits per heavy atom. The molecule has 2 aromatic carbocycles. The molecule has 0 aliphatic heterocycles. The van der Waals surface area contributed by atoms with Crippen LogP contribution in [0.2, 0.25) is 0 Å². The van der Waals surface area contributed by atoms with Crippen LogP contribution in [0, 0.1) is 0 Å². The van der Waals surface area contributed by atoms with E-state index >= 15 is 0 Å². The molecule has 2 aromatic rings. The fraction of sp³-hybridized carbons (Fsp3) is 0. The van der Waals surface area contributed by atoms with Crippen molar-refractivity contribution in [2.75, 3.05) is 5.73 Å². The van der Waals surface area contributed by atoms with Crippen molar-refractivity contribution in [1.29, 1.82) is 0 Å². The maximum absolute atomic E-state index is 9.44. The smallest absolute Gasteiger partial charge is 0.139 e. The number of anilines is 1. The summed E-state index contributed by atoms with van der Waals surface area (Å²) in [7, 11) is 0. The number of benzene rings is 2. The van der Waals surface area contributed by atoms with Crippen molar-refractivity contribution < 1.29 is 5.11 Å². The molecule has 3 N–H and O–H groups in total. The van der Waals surface area contributed by atoms with Crippen molar-refractivity contribution >= 4 is 30.5 Å². The number of para-hydroxylation sites is 1. The van der Waals surface area contributed by atoms with Crippen molar-refractivity contribution in [3.8, 4) is 16.9 Å². The molecule has 0 unspecified atom stereocenters. The third-order valence-corrected chi connectivity index (χ3v) is 2.17. The van der Waals surface area contributed by atoms with Crippen LogP contribution < -0.4 is 5.73 Å². The van der Waals surface area contributed by atoms with Gasteiger partial charge in [0, 0.05) is 5.56 Å². The van der Waals surface area contributed by atoms with E-state index in [0.29, 0.717) is 5.69 Å². The van der Waals surface area contributed by atoms with Crippen LogP contribution in [0.15, 0.2) is 48.5 Å². The molecule has 0 amide bonds. The number of nitrogens with two attached hydrogens (primary N) is 1. The lowest BCUT2D eigenvalue weighted by atomic mass is 10.0. The first-order chi connectivity index (χ1) is 6.79. The standard InChI is InChI=1S/C12H11NO.2ClH/c13-12-10(7-4-8-11(12)14)9-5-2-1-3-6-9;;/h1-8,14H,13H2;2*1H. The number of phenols is 1. The second kappa shape index (κ2) is 6.26. The summed E-state index contributed by atoms with van der Waals surface area (Å²) in [5.41, 5.74) is 8.07. The molecule has 86 valence electrons. The van der Waals surface area contributed by atoms with E-state index in [1.807, 2.05) is 36.4 Å². The zero-order valence-corrected chi connectivity index (χ0v) is 10.1. The van der Waals surface area contributed by atoms with E-state index in [1.54, 1.807) is 12.1 Å². The summed E-state index contributed by atoms with van der Waals surface area (Å²) in [6, 6.07) is 15.0. The lowest BCUT2D eigenvalue weighted by Gasteiger charge is -2.06. The Bertz CT molecular complexity index is 446. The highest BCUT2D eigenvalue weighted by atomic mass is 35.5. The first-order valence-corrected chi connectivity index (χ1v) is 4.42. The number of aromatic hydroxyl groups is 1. The van der Waals surface area contributed by atoms with Crippen molar-refractivity contribution in [2.45, 2.75) is 0 Å². The maximum atomic E-state index is 9.44. The molecule has 0 bridgehead atoms. The Kier molecular flexibility index (Phi) is 5.72. The quantitative estimate of drug-likeness (QED) is 0.607. The summed E-state index contributed by atoms with van der Waals surface area (Å²) in [6.45, 7) is 0. The van der Waals surface area contributed by atoms with Crippen molar-refractivity contribution in [2.24, 2.45) is 0 Å². The van der Waals surface area contributed by atoms with Gasteiger partial charge in [0.25, 0.3) is 0 Å². The molecule has 0 saturated heterocycles. The Balaban J connectivity index is 0.00000112. The fourth-order valence-electron chi connectivity index (χ4n) is 1.42. The van der Waals surface area contributed by atoms with Crippen LogP contribution in [0.5, 0.6) is 5.75 Å². The number of phenolic OH excluding ortho intramolecular Hbond substituents is 1. The summed E-state index contributed by atoms with van der Waals surface area (Å²) in [5, 5.41) is 9.44. The van der Waals surface area contributed by atoms with Gasteiger partial charge in [-0.1, -0.05) is 42.5 Å². The first-order valence-electron chi connectivity index (χ1n) is 4.42. The van der Waals surface area contributed by atoms with Crippen LogP contribution in [0.4, 0.5) is 5.69 Å². The third-order valence-electron chi connectivity index (χ3n) is 2.17. The second-order valence-electron chi connectivity index (χ2n) is 3.10. The summed E-state index contributed by atoms with van der Waals surface area (Å²) in [4.78, 5) is 0. The largest absolute Gasteiger partial charge is 0.506 e. The average Bonchev–Trinajstić information content (AvgIpc) is 2.23. The van der Waals surface area contributed by atoms with E-state index in [-0.39, 0.29) is 30.6 Å². The molecule has 2 nitrogen and oxygen atoms in total.